The summed E-state index contributed by atoms with van der Waals surface area (Å²) in [5, 5.41) is 31.2. The van der Waals surface area contributed by atoms with Crippen molar-refractivity contribution >= 4 is 6.16 Å². The zero-order valence-corrected chi connectivity index (χ0v) is 12.9. The van der Waals surface area contributed by atoms with Crippen LogP contribution in [0.1, 0.15) is 0 Å². The van der Waals surface area contributed by atoms with Gasteiger partial charge in [0.15, 0.2) is 0 Å². The quantitative estimate of drug-likeness (QED) is 0.480. The maximum atomic E-state index is 8.63. The Morgan fingerprint density at radius 1 is 0.500 bits per heavy atom. The molecule has 0 atom stereocenters. The Morgan fingerprint density at radius 2 is 0.667 bits per heavy atom. The summed E-state index contributed by atoms with van der Waals surface area (Å²) in [6.45, 7) is 0. The monoisotopic (exact) mass is 328 g/mol. The van der Waals surface area contributed by atoms with Crippen molar-refractivity contribution in [3.63, 3.8) is 0 Å². The van der Waals surface area contributed by atoms with Gasteiger partial charge in [-0.05, 0) is 24.3 Å². The van der Waals surface area contributed by atoms with E-state index in [4.69, 9.17) is 25.2 Å². The number of aromatic hydroxyl groups is 2. The van der Waals surface area contributed by atoms with E-state index in [9.17, 15) is 0 Å². The van der Waals surface area contributed by atoms with Crippen molar-refractivity contribution in [2.45, 2.75) is 0 Å². The largest absolute Gasteiger partial charge is 0.508 e. The number of benzene rings is 3. The molecule has 3 aromatic rings. The summed E-state index contributed by atoms with van der Waals surface area (Å²) in [5.74, 6) is 0.644. The van der Waals surface area contributed by atoms with Gasteiger partial charge in [-0.1, -0.05) is 72.8 Å². The smallest absolute Gasteiger partial charge is 0.503 e. The molecule has 0 aliphatic heterocycles. The molecule has 0 bridgehead atoms. The average Bonchev–Trinajstić information content (AvgIpc) is 2.58. The Balaban J connectivity index is 0.000000301. The van der Waals surface area contributed by atoms with Crippen molar-refractivity contribution in [3.8, 4) is 11.5 Å². The second-order valence-electron chi connectivity index (χ2n) is 4.11. The fraction of sp³-hybridized carbons (Fsp3) is 0. The summed E-state index contributed by atoms with van der Waals surface area (Å²) in [7, 11) is 0. The van der Waals surface area contributed by atoms with Crippen LogP contribution in [0.4, 0.5) is 4.79 Å². The molecule has 5 nitrogen and oxygen atoms in total. The molecule has 3 rings (SSSR count). The number of carbonyl (C=O) groups is 1. The molecule has 4 N–H and O–H groups in total. The number of rotatable bonds is 0. The first-order valence-corrected chi connectivity index (χ1v) is 6.92. The molecule has 5 heteroatoms. The zero-order chi connectivity index (χ0) is 18.0. The van der Waals surface area contributed by atoms with E-state index in [-0.39, 0.29) is 0 Å². The molecule has 0 saturated heterocycles. The van der Waals surface area contributed by atoms with Crippen molar-refractivity contribution in [1.29, 1.82) is 0 Å². The number of carboxylic acid groups (broad SMARTS) is 2. The lowest BCUT2D eigenvalue weighted by molar-refractivity contribution is 0.137. The molecule has 126 valence electrons. The minimum atomic E-state index is -1.83. The van der Waals surface area contributed by atoms with E-state index in [1.54, 1.807) is 48.5 Å². The summed E-state index contributed by atoms with van der Waals surface area (Å²) >= 11 is 0. The molecule has 0 fully saturated rings. The Bertz CT molecular complexity index is 559. The predicted octanol–water partition coefficient (Wildman–Crippen LogP) is 4.69. The van der Waals surface area contributed by atoms with Gasteiger partial charge in [0.25, 0.3) is 0 Å². The highest BCUT2D eigenvalue weighted by atomic mass is 16.6. The lowest BCUT2D eigenvalue weighted by Gasteiger charge is -1.82. The van der Waals surface area contributed by atoms with Crippen molar-refractivity contribution < 1.29 is 25.2 Å². The molecule has 0 radical (unpaired) electrons. The molecule has 0 amide bonds. The number of phenolic OH excluding ortho intramolecular Hbond substituents is 2. The second-order valence-corrected chi connectivity index (χ2v) is 4.11. The molecule has 0 saturated carbocycles. The van der Waals surface area contributed by atoms with Crippen molar-refractivity contribution in [2.24, 2.45) is 0 Å². The summed E-state index contributed by atoms with van der Waals surface area (Å²) in [4.78, 5) is 8.56. The van der Waals surface area contributed by atoms with Gasteiger partial charge < -0.3 is 20.4 Å². The van der Waals surface area contributed by atoms with E-state index in [1.165, 1.54) is 0 Å². The third kappa shape index (κ3) is 16.6. The summed E-state index contributed by atoms with van der Waals surface area (Å²) in [5.41, 5.74) is 0. The summed E-state index contributed by atoms with van der Waals surface area (Å²) < 4.78 is 0. The van der Waals surface area contributed by atoms with Gasteiger partial charge >= 0.3 is 6.16 Å². The first kappa shape index (κ1) is 20.5. The molecule has 0 aromatic heterocycles. The molecule has 0 unspecified atom stereocenters. The van der Waals surface area contributed by atoms with Crippen LogP contribution in [0.5, 0.6) is 11.5 Å². The van der Waals surface area contributed by atoms with Crippen LogP contribution in [0.2, 0.25) is 0 Å². The minimum absolute atomic E-state index is 0.322. The fourth-order valence-electron chi connectivity index (χ4n) is 1.24. The van der Waals surface area contributed by atoms with Crippen molar-refractivity contribution in [2.75, 3.05) is 0 Å². The van der Waals surface area contributed by atoms with Crippen LogP contribution in [-0.4, -0.2) is 26.6 Å². The number of hydrogen-bond donors (Lipinski definition) is 4. The van der Waals surface area contributed by atoms with Gasteiger partial charge in [-0.25, -0.2) is 4.79 Å². The van der Waals surface area contributed by atoms with Crippen LogP contribution >= 0.6 is 0 Å². The third-order valence-electron chi connectivity index (χ3n) is 2.18. The highest BCUT2D eigenvalue weighted by Gasteiger charge is 1.75. The topological polar surface area (TPSA) is 98.0 Å². The van der Waals surface area contributed by atoms with Crippen LogP contribution in [0.15, 0.2) is 97.1 Å². The lowest BCUT2D eigenvalue weighted by Crippen LogP contribution is -1.81. The molecule has 24 heavy (non-hydrogen) atoms. The van der Waals surface area contributed by atoms with E-state index in [0.29, 0.717) is 11.5 Å². The van der Waals surface area contributed by atoms with Gasteiger partial charge in [-0.3, -0.25) is 0 Å². The van der Waals surface area contributed by atoms with Gasteiger partial charge in [0.1, 0.15) is 11.5 Å². The number of para-hydroxylation sites is 2. The predicted molar refractivity (Wildman–Crippen MR) is 93.3 cm³/mol. The number of phenols is 2. The normalized spacial score (nSPS) is 8.00. The number of hydrogen-bond acceptors (Lipinski definition) is 3. The van der Waals surface area contributed by atoms with Crippen LogP contribution in [0.3, 0.4) is 0 Å². The van der Waals surface area contributed by atoms with Gasteiger partial charge in [0.2, 0.25) is 0 Å². The zero-order valence-electron chi connectivity index (χ0n) is 12.9. The maximum absolute atomic E-state index is 8.63. The van der Waals surface area contributed by atoms with Crippen LogP contribution in [0.25, 0.3) is 0 Å². The molecule has 0 aliphatic rings. The molecule has 0 spiro atoms. The molecular formula is C19H20O5. The van der Waals surface area contributed by atoms with E-state index < -0.39 is 6.16 Å². The van der Waals surface area contributed by atoms with Crippen LogP contribution in [-0.2, 0) is 0 Å². The first-order chi connectivity index (χ1) is 11.5. The highest BCUT2D eigenvalue weighted by Crippen LogP contribution is 2.03. The minimum Gasteiger partial charge on any atom is -0.508 e. The summed E-state index contributed by atoms with van der Waals surface area (Å²) in [6, 6.07) is 29.4. The van der Waals surface area contributed by atoms with Gasteiger partial charge in [0.05, 0.1) is 0 Å². The third-order valence-corrected chi connectivity index (χ3v) is 2.18. The maximum Gasteiger partial charge on any atom is 0.503 e. The molecule has 3 aromatic carbocycles. The highest BCUT2D eigenvalue weighted by molar-refractivity contribution is 5.53. The van der Waals surface area contributed by atoms with E-state index in [0.717, 1.165) is 0 Å². The van der Waals surface area contributed by atoms with E-state index >= 15 is 0 Å². The standard InChI is InChI=1S/2C6H6O.C6H6.CH2O3/c2*7-6-4-2-1-3-5-6;1-2-4-6-5-3-1;2-1(3)4/h2*1-5,7H;1-6H;(H2,2,3,4). The molecule has 0 heterocycles. The van der Waals surface area contributed by atoms with Crippen LogP contribution < -0.4 is 0 Å². The van der Waals surface area contributed by atoms with Gasteiger partial charge in [-0.2, -0.15) is 0 Å². The first-order valence-electron chi connectivity index (χ1n) is 6.92. The van der Waals surface area contributed by atoms with Crippen LogP contribution in [0, 0.1) is 0 Å². The Hall–Kier alpha value is -3.47. The molecule has 0 aliphatic carbocycles. The lowest BCUT2D eigenvalue weighted by atomic mass is 10.3. The Morgan fingerprint density at radius 3 is 0.792 bits per heavy atom. The van der Waals surface area contributed by atoms with Gasteiger partial charge in [0, 0.05) is 0 Å². The second kappa shape index (κ2) is 14.5. The fourth-order valence-corrected chi connectivity index (χ4v) is 1.24. The Kier molecular flexibility index (Phi) is 12.4. The van der Waals surface area contributed by atoms with Crippen molar-refractivity contribution in [3.05, 3.63) is 97.1 Å². The van der Waals surface area contributed by atoms with Crippen molar-refractivity contribution in [1.82, 2.24) is 0 Å². The van der Waals surface area contributed by atoms with E-state index in [2.05, 4.69) is 0 Å². The molecular weight excluding hydrogens is 308 g/mol. The summed E-state index contributed by atoms with van der Waals surface area (Å²) in [6.07, 6.45) is -1.83. The van der Waals surface area contributed by atoms with E-state index in [1.807, 2.05) is 48.5 Å². The average molecular weight is 328 g/mol. The Labute approximate surface area is 140 Å². The SMILES string of the molecule is O=C(O)O.Oc1ccccc1.Oc1ccccc1.c1ccccc1. The van der Waals surface area contributed by atoms with Gasteiger partial charge in [-0.15, -0.1) is 0 Å².